The minimum Gasteiger partial charge on any atom is -0.495 e. The largest absolute Gasteiger partial charge is 0.495 e. The third kappa shape index (κ3) is 3.82. The molecule has 0 bridgehead atoms. The van der Waals surface area contributed by atoms with Crippen molar-refractivity contribution in [3.8, 4) is 5.75 Å². The van der Waals surface area contributed by atoms with Crippen molar-refractivity contribution >= 4 is 21.6 Å². The highest BCUT2D eigenvalue weighted by molar-refractivity contribution is 9.10. The Kier molecular flexibility index (Phi) is 4.67. The number of hydrogen-bond donors (Lipinski definition) is 1. The van der Waals surface area contributed by atoms with E-state index in [1.165, 1.54) is 5.56 Å². The van der Waals surface area contributed by atoms with Gasteiger partial charge in [0, 0.05) is 0 Å². The Morgan fingerprint density at radius 2 is 1.90 bits per heavy atom. The van der Waals surface area contributed by atoms with Gasteiger partial charge in [-0.15, -0.1) is 0 Å². The van der Waals surface area contributed by atoms with E-state index >= 15 is 0 Å². The van der Waals surface area contributed by atoms with Crippen molar-refractivity contribution in [2.45, 2.75) is 39.2 Å². The Bertz CT molecular complexity index is 613. The monoisotopic (exact) mass is 351 g/mol. The van der Waals surface area contributed by atoms with Gasteiger partial charge in [0.2, 0.25) is 0 Å². The molecule has 0 saturated heterocycles. The molecular weight excluding hydrogens is 330 g/mol. The third-order valence-corrected chi connectivity index (χ3v) is 3.88. The van der Waals surface area contributed by atoms with Crippen molar-refractivity contribution in [2.24, 2.45) is 0 Å². The van der Waals surface area contributed by atoms with E-state index in [4.69, 9.17) is 9.15 Å². The van der Waals surface area contributed by atoms with Gasteiger partial charge in [0.25, 0.3) is 0 Å². The SMILES string of the molecule is COc1ccc(C(C)(C)C)cc1NC(C)c1ccc(Br)o1. The average Bonchev–Trinajstić information content (AvgIpc) is 2.84. The summed E-state index contributed by atoms with van der Waals surface area (Å²) < 4.78 is 11.8. The van der Waals surface area contributed by atoms with Crippen LogP contribution in [-0.2, 0) is 5.41 Å². The van der Waals surface area contributed by atoms with Crippen molar-refractivity contribution in [1.29, 1.82) is 0 Å². The smallest absolute Gasteiger partial charge is 0.169 e. The first-order valence-corrected chi connectivity index (χ1v) is 7.81. The van der Waals surface area contributed by atoms with E-state index in [0.29, 0.717) is 0 Å². The van der Waals surface area contributed by atoms with E-state index in [0.717, 1.165) is 21.9 Å². The molecule has 0 saturated carbocycles. The third-order valence-electron chi connectivity index (χ3n) is 3.46. The van der Waals surface area contributed by atoms with E-state index in [9.17, 15) is 0 Å². The first kappa shape index (κ1) is 16.0. The Labute approximate surface area is 134 Å². The van der Waals surface area contributed by atoms with Crippen LogP contribution in [0.3, 0.4) is 0 Å². The number of hydrogen-bond acceptors (Lipinski definition) is 3. The quantitative estimate of drug-likeness (QED) is 0.787. The van der Waals surface area contributed by atoms with Gasteiger partial charge in [-0.1, -0.05) is 26.8 Å². The van der Waals surface area contributed by atoms with Crippen LogP contribution in [-0.4, -0.2) is 7.11 Å². The zero-order valence-electron chi connectivity index (χ0n) is 13.2. The van der Waals surface area contributed by atoms with Gasteiger partial charge >= 0.3 is 0 Å². The first-order valence-electron chi connectivity index (χ1n) is 7.01. The predicted molar refractivity (Wildman–Crippen MR) is 90.1 cm³/mol. The molecule has 3 nitrogen and oxygen atoms in total. The number of benzene rings is 1. The molecule has 0 fully saturated rings. The van der Waals surface area contributed by atoms with Crippen LogP contribution in [0.2, 0.25) is 0 Å². The predicted octanol–water partition coefficient (Wildman–Crippen LogP) is 5.52. The minimum absolute atomic E-state index is 0.0559. The molecule has 21 heavy (non-hydrogen) atoms. The molecule has 0 radical (unpaired) electrons. The van der Waals surface area contributed by atoms with Crippen LogP contribution in [0.5, 0.6) is 5.75 Å². The summed E-state index contributed by atoms with van der Waals surface area (Å²) in [6.45, 7) is 8.66. The van der Waals surface area contributed by atoms with Gasteiger partial charge in [0.05, 0.1) is 18.8 Å². The molecule has 1 atom stereocenters. The number of furan rings is 1. The molecule has 0 amide bonds. The zero-order chi connectivity index (χ0) is 15.6. The summed E-state index contributed by atoms with van der Waals surface area (Å²) in [4.78, 5) is 0. The molecule has 4 heteroatoms. The Morgan fingerprint density at radius 3 is 2.43 bits per heavy atom. The Balaban J connectivity index is 2.29. The maximum Gasteiger partial charge on any atom is 0.169 e. The van der Waals surface area contributed by atoms with Gasteiger partial charge < -0.3 is 14.5 Å². The fraction of sp³-hybridized carbons (Fsp3) is 0.412. The second kappa shape index (κ2) is 6.14. The molecule has 0 aliphatic rings. The second-order valence-corrected chi connectivity index (χ2v) is 6.95. The summed E-state index contributed by atoms with van der Waals surface area (Å²) in [7, 11) is 1.69. The van der Waals surface area contributed by atoms with Crippen molar-refractivity contribution in [2.75, 3.05) is 12.4 Å². The summed E-state index contributed by atoms with van der Waals surface area (Å²) in [5.41, 5.74) is 2.34. The summed E-state index contributed by atoms with van der Waals surface area (Å²) in [6.07, 6.45) is 0. The van der Waals surface area contributed by atoms with E-state index < -0.39 is 0 Å². The molecule has 114 valence electrons. The number of halogens is 1. The van der Waals surface area contributed by atoms with Crippen molar-refractivity contribution < 1.29 is 9.15 Å². The second-order valence-electron chi connectivity index (χ2n) is 6.17. The van der Waals surface area contributed by atoms with E-state index in [2.05, 4.69) is 61.1 Å². The molecule has 1 unspecified atom stereocenters. The fourth-order valence-corrected chi connectivity index (χ4v) is 2.47. The standard InChI is InChI=1S/C17H22BrNO2/c1-11(14-8-9-16(18)21-14)19-13-10-12(17(2,3)4)6-7-15(13)20-5/h6-11,19H,1-5H3. The highest BCUT2D eigenvalue weighted by atomic mass is 79.9. The highest BCUT2D eigenvalue weighted by Gasteiger charge is 2.18. The molecule has 2 aromatic rings. The van der Waals surface area contributed by atoms with Crippen molar-refractivity contribution in [1.82, 2.24) is 0 Å². The maximum absolute atomic E-state index is 5.60. The highest BCUT2D eigenvalue weighted by Crippen LogP contribution is 2.34. The lowest BCUT2D eigenvalue weighted by Gasteiger charge is -2.22. The molecule has 0 aliphatic carbocycles. The topological polar surface area (TPSA) is 34.4 Å². The van der Waals surface area contributed by atoms with Gasteiger partial charge in [-0.2, -0.15) is 0 Å². The van der Waals surface area contributed by atoms with Gasteiger partial charge in [-0.3, -0.25) is 0 Å². The lowest BCUT2D eigenvalue weighted by molar-refractivity contribution is 0.414. The van der Waals surface area contributed by atoms with E-state index in [-0.39, 0.29) is 11.5 Å². The first-order chi connectivity index (χ1) is 9.81. The molecule has 0 aliphatic heterocycles. The van der Waals surface area contributed by atoms with Crippen LogP contribution in [0.4, 0.5) is 5.69 Å². The summed E-state index contributed by atoms with van der Waals surface area (Å²) in [5.74, 6) is 1.71. The Hall–Kier alpha value is -1.42. The number of nitrogens with one attached hydrogen (secondary N) is 1. The maximum atomic E-state index is 5.60. The number of rotatable bonds is 4. The molecule has 0 spiro atoms. The van der Waals surface area contributed by atoms with Crippen LogP contribution in [0, 0.1) is 0 Å². The van der Waals surface area contributed by atoms with Crippen LogP contribution in [0.1, 0.15) is 45.1 Å². The van der Waals surface area contributed by atoms with Crippen molar-refractivity contribution in [3.05, 3.63) is 46.3 Å². The van der Waals surface area contributed by atoms with Crippen LogP contribution in [0.15, 0.2) is 39.4 Å². The normalized spacial score (nSPS) is 13.0. The lowest BCUT2D eigenvalue weighted by Crippen LogP contribution is -2.13. The summed E-state index contributed by atoms with van der Waals surface area (Å²) in [5, 5.41) is 3.46. The number of methoxy groups -OCH3 is 1. The van der Waals surface area contributed by atoms with Crippen molar-refractivity contribution in [3.63, 3.8) is 0 Å². The fourth-order valence-electron chi connectivity index (χ4n) is 2.15. The molecule has 2 rings (SSSR count). The average molecular weight is 352 g/mol. The summed E-state index contributed by atoms with van der Waals surface area (Å²) >= 11 is 3.33. The minimum atomic E-state index is 0.0559. The Morgan fingerprint density at radius 1 is 1.19 bits per heavy atom. The molecule has 1 heterocycles. The lowest BCUT2D eigenvalue weighted by atomic mass is 9.86. The summed E-state index contributed by atoms with van der Waals surface area (Å²) in [6, 6.07) is 10.2. The van der Waals surface area contributed by atoms with E-state index in [1.54, 1.807) is 7.11 Å². The molecule has 1 N–H and O–H groups in total. The van der Waals surface area contributed by atoms with Crippen LogP contribution < -0.4 is 10.1 Å². The number of anilines is 1. The zero-order valence-corrected chi connectivity index (χ0v) is 14.7. The van der Waals surface area contributed by atoms with Gasteiger partial charge in [0.1, 0.15) is 11.5 Å². The van der Waals surface area contributed by atoms with Gasteiger partial charge in [-0.05, 0) is 58.1 Å². The molecule has 1 aromatic carbocycles. The molecule has 1 aromatic heterocycles. The van der Waals surface area contributed by atoms with Crippen LogP contribution >= 0.6 is 15.9 Å². The number of ether oxygens (including phenoxy) is 1. The van der Waals surface area contributed by atoms with E-state index in [1.807, 2.05) is 18.2 Å². The van der Waals surface area contributed by atoms with Gasteiger partial charge in [0.15, 0.2) is 4.67 Å². The van der Waals surface area contributed by atoms with Gasteiger partial charge in [-0.25, -0.2) is 0 Å². The molecular formula is C17H22BrNO2. The van der Waals surface area contributed by atoms with Crippen LogP contribution in [0.25, 0.3) is 0 Å².